The molecule has 2 heterocycles. The summed E-state index contributed by atoms with van der Waals surface area (Å²) < 4.78 is 57.9. The summed E-state index contributed by atoms with van der Waals surface area (Å²) in [5.41, 5.74) is 0.585. The number of aliphatic carboxylic acids is 1. The SMILES string of the molecule is Fc1ccc(NC(=S)N2CC3(CNC3)C2)c(F)c1.O=C(O)C(F)(F)F. The van der Waals surface area contributed by atoms with Crippen LogP contribution in [0.5, 0.6) is 0 Å². The van der Waals surface area contributed by atoms with E-state index in [0.29, 0.717) is 10.5 Å². The van der Waals surface area contributed by atoms with Crippen LogP contribution < -0.4 is 10.6 Å². The van der Waals surface area contributed by atoms with Crippen LogP contribution in [0.15, 0.2) is 18.2 Å². The van der Waals surface area contributed by atoms with Crippen LogP contribution in [0.2, 0.25) is 0 Å². The molecule has 2 saturated heterocycles. The predicted molar refractivity (Wildman–Crippen MR) is 83.1 cm³/mol. The van der Waals surface area contributed by atoms with E-state index in [0.717, 1.165) is 32.2 Å². The molecule has 11 heteroatoms. The minimum absolute atomic E-state index is 0.217. The standard InChI is InChI=1S/C12H13F2N3S.C2HF3O2/c13-8-1-2-10(9(14)3-8)16-11(18)17-6-12(7-17)4-15-5-12;3-2(4,5)1(6)7/h1-3,15H,4-7H2,(H,16,18);(H,6,7). The lowest BCUT2D eigenvalue weighted by atomic mass is 9.75. The van der Waals surface area contributed by atoms with Crippen molar-refractivity contribution >= 4 is 29.0 Å². The minimum atomic E-state index is -5.08. The van der Waals surface area contributed by atoms with Crippen LogP contribution in [0.4, 0.5) is 27.6 Å². The molecule has 0 atom stereocenters. The van der Waals surface area contributed by atoms with Gasteiger partial charge in [0.05, 0.1) is 5.69 Å². The number of carbonyl (C=O) groups is 1. The van der Waals surface area contributed by atoms with Crippen molar-refractivity contribution in [2.45, 2.75) is 6.18 Å². The quantitative estimate of drug-likeness (QED) is 0.511. The molecule has 0 saturated carbocycles. The molecule has 0 aromatic heterocycles. The summed E-state index contributed by atoms with van der Waals surface area (Å²) in [4.78, 5) is 10.9. The zero-order valence-electron chi connectivity index (χ0n) is 12.7. The molecule has 0 amide bonds. The molecule has 1 spiro atoms. The monoisotopic (exact) mass is 383 g/mol. The van der Waals surface area contributed by atoms with Crippen LogP contribution in [-0.2, 0) is 4.79 Å². The number of carboxylic acids is 1. The Kier molecular flexibility index (Phi) is 5.47. The van der Waals surface area contributed by atoms with Crippen LogP contribution in [-0.4, -0.2) is 53.4 Å². The fourth-order valence-electron chi connectivity index (χ4n) is 2.39. The Morgan fingerprint density at radius 3 is 2.24 bits per heavy atom. The Hall–Kier alpha value is -2.01. The largest absolute Gasteiger partial charge is 0.490 e. The summed E-state index contributed by atoms with van der Waals surface area (Å²) >= 11 is 5.21. The van der Waals surface area contributed by atoms with Crippen LogP contribution in [0.3, 0.4) is 0 Å². The Morgan fingerprint density at radius 2 is 1.84 bits per heavy atom. The van der Waals surface area contributed by atoms with Gasteiger partial charge in [-0.1, -0.05) is 0 Å². The Balaban J connectivity index is 0.000000277. The number of alkyl halides is 3. The number of benzene rings is 1. The van der Waals surface area contributed by atoms with Gasteiger partial charge in [-0.3, -0.25) is 0 Å². The van der Waals surface area contributed by atoms with Gasteiger partial charge in [-0.2, -0.15) is 13.2 Å². The Bertz CT molecular complexity index is 671. The van der Waals surface area contributed by atoms with Crippen molar-refractivity contribution < 1.29 is 31.9 Å². The zero-order valence-corrected chi connectivity index (χ0v) is 13.5. The molecular weight excluding hydrogens is 369 g/mol. The average molecular weight is 383 g/mol. The summed E-state index contributed by atoms with van der Waals surface area (Å²) in [5.74, 6) is -3.97. The molecule has 2 fully saturated rings. The third-order valence-corrected chi connectivity index (χ3v) is 4.12. The van der Waals surface area contributed by atoms with E-state index in [1.165, 1.54) is 12.1 Å². The minimum Gasteiger partial charge on any atom is -0.475 e. The molecule has 1 aromatic rings. The van der Waals surface area contributed by atoms with Crippen molar-refractivity contribution in [3.8, 4) is 0 Å². The first kappa shape index (κ1) is 19.3. The highest BCUT2D eigenvalue weighted by Gasteiger charge is 2.48. The zero-order chi connectivity index (χ0) is 18.8. The molecule has 0 bridgehead atoms. The first-order valence-corrected chi connectivity index (χ1v) is 7.45. The molecular formula is C14H14F5N3O2S. The molecule has 3 rings (SSSR count). The molecule has 138 valence electrons. The summed E-state index contributed by atoms with van der Waals surface area (Å²) in [6, 6.07) is 3.41. The van der Waals surface area contributed by atoms with Crippen molar-refractivity contribution in [1.82, 2.24) is 10.2 Å². The Labute approximate surface area is 144 Å². The van der Waals surface area contributed by atoms with Gasteiger partial charge in [-0.25, -0.2) is 13.6 Å². The van der Waals surface area contributed by atoms with Gasteiger partial charge >= 0.3 is 12.1 Å². The molecule has 0 unspecified atom stereocenters. The maximum absolute atomic E-state index is 13.4. The third kappa shape index (κ3) is 4.75. The van der Waals surface area contributed by atoms with Crippen molar-refractivity contribution in [1.29, 1.82) is 0 Å². The molecule has 25 heavy (non-hydrogen) atoms. The molecule has 2 aliphatic rings. The second-order valence-electron chi connectivity index (χ2n) is 5.82. The van der Waals surface area contributed by atoms with Gasteiger partial charge in [-0.05, 0) is 24.4 Å². The van der Waals surface area contributed by atoms with Gasteiger partial charge in [0.25, 0.3) is 0 Å². The highest BCUT2D eigenvalue weighted by Crippen LogP contribution is 2.34. The van der Waals surface area contributed by atoms with E-state index in [1.54, 1.807) is 0 Å². The second kappa shape index (κ2) is 7.08. The number of carboxylic acid groups (broad SMARTS) is 1. The average Bonchev–Trinajstić information content (AvgIpc) is 2.38. The molecule has 2 aliphatic heterocycles. The number of nitrogens with one attached hydrogen (secondary N) is 2. The highest BCUT2D eigenvalue weighted by atomic mass is 32.1. The smallest absolute Gasteiger partial charge is 0.475 e. The van der Waals surface area contributed by atoms with Gasteiger partial charge in [0.1, 0.15) is 11.6 Å². The summed E-state index contributed by atoms with van der Waals surface area (Å²) in [6.45, 7) is 3.84. The number of thiocarbonyl (C=S) groups is 1. The highest BCUT2D eigenvalue weighted by molar-refractivity contribution is 7.80. The fourth-order valence-corrected chi connectivity index (χ4v) is 2.63. The first-order valence-electron chi connectivity index (χ1n) is 7.04. The van der Waals surface area contributed by atoms with Crippen LogP contribution in [0.25, 0.3) is 0 Å². The van der Waals surface area contributed by atoms with E-state index in [2.05, 4.69) is 10.6 Å². The van der Waals surface area contributed by atoms with Crippen molar-refractivity contribution in [3.05, 3.63) is 29.8 Å². The van der Waals surface area contributed by atoms with Crippen LogP contribution in [0.1, 0.15) is 0 Å². The maximum Gasteiger partial charge on any atom is 0.490 e. The topological polar surface area (TPSA) is 64.6 Å². The lowest BCUT2D eigenvalue weighted by molar-refractivity contribution is -0.192. The number of hydrogen-bond acceptors (Lipinski definition) is 3. The molecule has 3 N–H and O–H groups in total. The second-order valence-corrected chi connectivity index (χ2v) is 6.20. The number of nitrogens with zero attached hydrogens (tertiary/aromatic N) is 1. The van der Waals surface area contributed by atoms with Gasteiger partial charge in [-0.15, -0.1) is 0 Å². The summed E-state index contributed by atoms with van der Waals surface area (Å²) in [6.07, 6.45) is -5.08. The van der Waals surface area contributed by atoms with Crippen molar-refractivity contribution in [2.75, 3.05) is 31.5 Å². The van der Waals surface area contributed by atoms with Crippen molar-refractivity contribution in [3.63, 3.8) is 0 Å². The number of anilines is 1. The number of hydrogen-bond donors (Lipinski definition) is 3. The van der Waals surface area contributed by atoms with E-state index in [1.807, 2.05) is 4.90 Å². The summed E-state index contributed by atoms with van der Waals surface area (Å²) in [7, 11) is 0. The van der Waals surface area contributed by atoms with Crippen LogP contribution >= 0.6 is 12.2 Å². The van der Waals surface area contributed by atoms with E-state index >= 15 is 0 Å². The lowest BCUT2D eigenvalue weighted by Crippen LogP contribution is -2.72. The third-order valence-electron chi connectivity index (χ3n) is 3.75. The van der Waals surface area contributed by atoms with Gasteiger partial charge in [0, 0.05) is 37.7 Å². The van der Waals surface area contributed by atoms with Gasteiger partial charge in [0.2, 0.25) is 0 Å². The lowest BCUT2D eigenvalue weighted by Gasteiger charge is -2.56. The first-order chi connectivity index (χ1) is 11.5. The van der Waals surface area contributed by atoms with Gasteiger partial charge < -0.3 is 20.6 Å². The number of rotatable bonds is 1. The molecule has 0 aliphatic carbocycles. The number of likely N-dealkylation sites (tertiary alicyclic amines) is 1. The molecule has 1 aromatic carbocycles. The van der Waals surface area contributed by atoms with Crippen molar-refractivity contribution in [2.24, 2.45) is 5.41 Å². The van der Waals surface area contributed by atoms with E-state index < -0.39 is 23.8 Å². The number of halogens is 5. The fraction of sp³-hybridized carbons (Fsp3) is 0.429. The van der Waals surface area contributed by atoms with Gasteiger partial charge in [0.15, 0.2) is 5.11 Å². The van der Waals surface area contributed by atoms with E-state index in [9.17, 15) is 22.0 Å². The Morgan fingerprint density at radius 1 is 1.28 bits per heavy atom. The maximum atomic E-state index is 13.4. The summed E-state index contributed by atoms with van der Waals surface area (Å²) in [5, 5.41) is 13.7. The van der Waals surface area contributed by atoms with E-state index in [-0.39, 0.29) is 5.69 Å². The predicted octanol–water partition coefficient (Wildman–Crippen LogP) is 2.20. The van der Waals surface area contributed by atoms with E-state index in [4.69, 9.17) is 22.1 Å². The van der Waals surface area contributed by atoms with Crippen LogP contribution in [0, 0.1) is 17.0 Å². The molecule has 5 nitrogen and oxygen atoms in total. The molecule has 0 radical (unpaired) electrons. The normalized spacial score (nSPS) is 17.7.